The normalized spacial score (nSPS) is 20.5. The number of hydrogen-bond donors (Lipinski definition) is 1. The topological polar surface area (TPSA) is 106 Å². The molecule has 0 aliphatic carbocycles. The van der Waals surface area contributed by atoms with Crippen molar-refractivity contribution in [3.63, 3.8) is 0 Å². The Labute approximate surface area is 125 Å². The summed E-state index contributed by atoms with van der Waals surface area (Å²) in [5, 5.41) is 12.8. The SMILES string of the molecule is Cc1nnc(CN(C)[C@H]2CCN(CCCS(N)(=O)=O)C2)o1. The molecule has 0 unspecified atom stereocenters. The standard InChI is InChI=1S/C12H23N5O3S/c1-10-14-15-12(20-10)9-16(2)11-4-6-17(8-11)5-3-7-21(13,18)19/h11H,3-9H2,1-2H3,(H2,13,18,19)/t11-/m0/s1. The Balaban J connectivity index is 1.74. The van der Waals surface area contributed by atoms with E-state index >= 15 is 0 Å². The number of hydrogen-bond acceptors (Lipinski definition) is 7. The molecular weight excluding hydrogens is 294 g/mol. The number of rotatable bonds is 7. The molecule has 0 spiro atoms. The van der Waals surface area contributed by atoms with Gasteiger partial charge < -0.3 is 9.32 Å². The zero-order valence-electron chi connectivity index (χ0n) is 12.5. The van der Waals surface area contributed by atoms with Gasteiger partial charge in [0.2, 0.25) is 21.8 Å². The highest BCUT2D eigenvalue weighted by Crippen LogP contribution is 2.16. The van der Waals surface area contributed by atoms with E-state index in [1.165, 1.54) is 0 Å². The minimum absolute atomic E-state index is 0.0469. The van der Waals surface area contributed by atoms with E-state index in [1.54, 1.807) is 6.92 Å². The first kappa shape index (κ1) is 16.3. The van der Waals surface area contributed by atoms with Gasteiger partial charge in [-0.05, 0) is 33.0 Å². The van der Waals surface area contributed by atoms with Crippen molar-refractivity contribution >= 4 is 10.0 Å². The maximum absolute atomic E-state index is 10.9. The summed E-state index contributed by atoms with van der Waals surface area (Å²) in [7, 11) is -1.31. The average Bonchev–Trinajstić information content (AvgIpc) is 2.97. The molecule has 0 radical (unpaired) electrons. The van der Waals surface area contributed by atoms with Gasteiger partial charge in [-0.2, -0.15) is 0 Å². The monoisotopic (exact) mass is 317 g/mol. The van der Waals surface area contributed by atoms with Crippen molar-refractivity contribution in [2.45, 2.75) is 32.4 Å². The van der Waals surface area contributed by atoms with Gasteiger partial charge in [0, 0.05) is 19.5 Å². The predicted octanol–water partition coefficient (Wildman–Crippen LogP) is -0.437. The first-order chi connectivity index (χ1) is 9.83. The minimum atomic E-state index is -3.35. The van der Waals surface area contributed by atoms with Crippen LogP contribution in [0.2, 0.25) is 0 Å². The van der Waals surface area contributed by atoms with Crippen LogP contribution in [0.5, 0.6) is 0 Å². The van der Waals surface area contributed by atoms with Crippen LogP contribution in [0.25, 0.3) is 0 Å². The van der Waals surface area contributed by atoms with Gasteiger partial charge >= 0.3 is 0 Å². The van der Waals surface area contributed by atoms with Crippen LogP contribution >= 0.6 is 0 Å². The van der Waals surface area contributed by atoms with E-state index in [0.29, 0.717) is 30.8 Å². The van der Waals surface area contributed by atoms with Gasteiger partial charge in [0.05, 0.1) is 12.3 Å². The van der Waals surface area contributed by atoms with Crippen LogP contribution in [-0.4, -0.2) is 66.9 Å². The van der Waals surface area contributed by atoms with Gasteiger partial charge in [0.25, 0.3) is 0 Å². The van der Waals surface area contributed by atoms with E-state index in [0.717, 1.165) is 26.1 Å². The predicted molar refractivity (Wildman–Crippen MR) is 77.9 cm³/mol. The van der Waals surface area contributed by atoms with Crippen LogP contribution in [0.3, 0.4) is 0 Å². The van der Waals surface area contributed by atoms with Crippen LogP contribution in [0.4, 0.5) is 0 Å². The molecule has 0 bridgehead atoms. The molecule has 1 saturated heterocycles. The highest BCUT2D eigenvalue weighted by molar-refractivity contribution is 7.89. The summed E-state index contributed by atoms with van der Waals surface area (Å²) in [6.45, 7) is 5.08. The van der Waals surface area contributed by atoms with Gasteiger partial charge in [-0.1, -0.05) is 0 Å². The molecule has 9 heteroatoms. The Morgan fingerprint density at radius 3 is 2.86 bits per heavy atom. The summed E-state index contributed by atoms with van der Waals surface area (Å²) in [5.41, 5.74) is 0. The number of aryl methyl sites for hydroxylation is 1. The lowest BCUT2D eigenvalue weighted by molar-refractivity contribution is 0.206. The number of likely N-dealkylation sites (N-methyl/N-ethyl adjacent to an activating group) is 1. The van der Waals surface area contributed by atoms with E-state index in [-0.39, 0.29) is 5.75 Å². The first-order valence-corrected chi connectivity index (χ1v) is 8.77. The van der Waals surface area contributed by atoms with Crippen molar-refractivity contribution in [1.82, 2.24) is 20.0 Å². The van der Waals surface area contributed by atoms with Gasteiger partial charge in [-0.3, -0.25) is 4.90 Å². The summed E-state index contributed by atoms with van der Waals surface area (Å²) in [6.07, 6.45) is 1.64. The van der Waals surface area contributed by atoms with E-state index in [9.17, 15) is 8.42 Å². The lowest BCUT2D eigenvalue weighted by atomic mass is 10.2. The van der Waals surface area contributed by atoms with Crippen LogP contribution in [0.15, 0.2) is 4.42 Å². The molecule has 0 aromatic carbocycles. The lowest BCUT2D eigenvalue weighted by Crippen LogP contribution is -2.34. The summed E-state index contributed by atoms with van der Waals surface area (Å²) in [5.74, 6) is 1.25. The van der Waals surface area contributed by atoms with E-state index < -0.39 is 10.0 Å². The second-order valence-corrected chi connectivity index (χ2v) is 7.33. The fourth-order valence-electron chi connectivity index (χ4n) is 2.61. The van der Waals surface area contributed by atoms with Crippen molar-refractivity contribution in [1.29, 1.82) is 0 Å². The smallest absolute Gasteiger partial charge is 0.230 e. The zero-order chi connectivity index (χ0) is 15.5. The molecular formula is C12H23N5O3S. The molecule has 8 nitrogen and oxygen atoms in total. The maximum Gasteiger partial charge on any atom is 0.230 e. The average molecular weight is 317 g/mol. The van der Waals surface area contributed by atoms with Crippen molar-refractivity contribution in [2.75, 3.05) is 32.4 Å². The van der Waals surface area contributed by atoms with E-state index in [1.807, 2.05) is 7.05 Å². The molecule has 1 aliphatic heterocycles. The van der Waals surface area contributed by atoms with Crippen molar-refractivity contribution in [2.24, 2.45) is 5.14 Å². The molecule has 2 N–H and O–H groups in total. The minimum Gasteiger partial charge on any atom is -0.424 e. The third-order valence-electron chi connectivity index (χ3n) is 3.73. The quantitative estimate of drug-likeness (QED) is 0.727. The van der Waals surface area contributed by atoms with Gasteiger partial charge in [0.1, 0.15) is 0 Å². The molecule has 120 valence electrons. The van der Waals surface area contributed by atoms with Crippen LogP contribution in [-0.2, 0) is 16.6 Å². The third-order valence-corrected chi connectivity index (χ3v) is 4.58. The fourth-order valence-corrected chi connectivity index (χ4v) is 3.14. The number of sulfonamides is 1. The number of aromatic nitrogens is 2. The van der Waals surface area contributed by atoms with Gasteiger partial charge in [-0.25, -0.2) is 13.6 Å². The Kier molecular flexibility index (Phi) is 5.31. The maximum atomic E-state index is 10.9. The van der Waals surface area contributed by atoms with Crippen LogP contribution < -0.4 is 5.14 Å². The molecule has 1 aromatic heterocycles. The zero-order valence-corrected chi connectivity index (χ0v) is 13.3. The Morgan fingerprint density at radius 1 is 1.48 bits per heavy atom. The van der Waals surface area contributed by atoms with Gasteiger partial charge in [0.15, 0.2) is 0 Å². The molecule has 1 atom stereocenters. The lowest BCUT2D eigenvalue weighted by Gasteiger charge is -2.23. The second-order valence-electron chi connectivity index (χ2n) is 5.59. The number of likely N-dealkylation sites (tertiary alicyclic amines) is 1. The number of primary sulfonamides is 1. The molecule has 1 fully saturated rings. The summed E-state index contributed by atoms with van der Waals surface area (Å²) >= 11 is 0. The Morgan fingerprint density at radius 2 is 2.24 bits per heavy atom. The largest absolute Gasteiger partial charge is 0.424 e. The van der Waals surface area contributed by atoms with Crippen LogP contribution in [0.1, 0.15) is 24.6 Å². The van der Waals surface area contributed by atoms with Crippen molar-refractivity contribution < 1.29 is 12.8 Å². The third kappa shape index (κ3) is 5.34. The van der Waals surface area contributed by atoms with Crippen LogP contribution in [0, 0.1) is 6.92 Å². The van der Waals surface area contributed by atoms with Crippen molar-refractivity contribution in [3.05, 3.63) is 11.8 Å². The Hall–Kier alpha value is -1.03. The van der Waals surface area contributed by atoms with Gasteiger partial charge in [-0.15, -0.1) is 10.2 Å². The van der Waals surface area contributed by atoms with Crippen molar-refractivity contribution in [3.8, 4) is 0 Å². The fraction of sp³-hybridized carbons (Fsp3) is 0.833. The molecule has 1 aliphatic rings. The highest BCUT2D eigenvalue weighted by atomic mass is 32.2. The first-order valence-electron chi connectivity index (χ1n) is 7.05. The number of nitrogens with two attached hydrogens (primary N) is 1. The summed E-state index contributed by atoms with van der Waals surface area (Å²) in [6, 6.07) is 0.423. The molecule has 0 amide bonds. The Bertz CT molecular complexity index is 559. The summed E-state index contributed by atoms with van der Waals surface area (Å²) < 4.78 is 27.2. The molecule has 21 heavy (non-hydrogen) atoms. The molecule has 1 aromatic rings. The van der Waals surface area contributed by atoms with E-state index in [4.69, 9.17) is 9.56 Å². The molecule has 0 saturated carbocycles. The second kappa shape index (κ2) is 6.82. The number of nitrogens with zero attached hydrogens (tertiary/aromatic N) is 4. The van der Waals surface area contributed by atoms with E-state index in [2.05, 4.69) is 20.0 Å². The summed E-state index contributed by atoms with van der Waals surface area (Å²) in [4.78, 5) is 4.47. The molecule has 2 rings (SSSR count). The molecule has 2 heterocycles. The highest BCUT2D eigenvalue weighted by Gasteiger charge is 2.26.